The van der Waals surface area contributed by atoms with Crippen LogP contribution in [0, 0.1) is 5.82 Å². The van der Waals surface area contributed by atoms with Gasteiger partial charge in [-0.15, -0.1) is 13.2 Å². The largest absolute Gasteiger partial charge is 0.573 e. The number of para-hydroxylation sites is 2. The van der Waals surface area contributed by atoms with Crippen molar-refractivity contribution in [1.82, 2.24) is 0 Å². The number of aliphatic hydroxyl groups is 1. The number of sulfonamides is 1. The molecule has 0 radical (unpaired) electrons. The second kappa shape index (κ2) is 6.65. The van der Waals surface area contributed by atoms with Crippen LogP contribution in [0.1, 0.15) is 5.56 Å². The van der Waals surface area contributed by atoms with E-state index in [0.717, 1.165) is 24.3 Å². The second-order valence-corrected chi connectivity index (χ2v) is 6.18. The van der Waals surface area contributed by atoms with Crippen LogP contribution in [0.4, 0.5) is 23.2 Å². The van der Waals surface area contributed by atoms with Gasteiger partial charge in [-0.3, -0.25) is 4.72 Å². The number of nitrogens with one attached hydrogen (secondary N) is 1. The molecule has 0 saturated carbocycles. The molecule has 0 saturated heterocycles. The van der Waals surface area contributed by atoms with Gasteiger partial charge in [0.05, 0.1) is 12.3 Å². The van der Waals surface area contributed by atoms with Gasteiger partial charge >= 0.3 is 6.36 Å². The van der Waals surface area contributed by atoms with Crippen LogP contribution in [0.5, 0.6) is 5.75 Å². The highest BCUT2D eigenvalue weighted by molar-refractivity contribution is 7.92. The lowest BCUT2D eigenvalue weighted by Gasteiger charge is -2.16. The van der Waals surface area contributed by atoms with Crippen LogP contribution in [0.25, 0.3) is 0 Å². The standard InChI is InChI=1S/C14H11F4NO4S/c15-10-5-3-4-9(8-20)13(10)19-24(21,22)12-7-2-1-6-11(12)23-14(16,17)18/h1-7,19-20H,8H2. The number of aliphatic hydroxyl groups excluding tert-OH is 1. The van der Waals surface area contributed by atoms with Crippen molar-refractivity contribution in [3.8, 4) is 5.75 Å². The first-order valence-corrected chi connectivity index (χ1v) is 7.88. The molecule has 2 N–H and O–H groups in total. The minimum atomic E-state index is -5.10. The number of anilines is 1. The molecule has 0 aromatic heterocycles. The van der Waals surface area contributed by atoms with Gasteiger partial charge in [0, 0.05) is 5.56 Å². The highest BCUT2D eigenvalue weighted by Crippen LogP contribution is 2.31. The molecule has 2 aromatic carbocycles. The number of ether oxygens (including phenoxy) is 1. The summed E-state index contributed by atoms with van der Waals surface area (Å²) in [5, 5.41) is 9.14. The summed E-state index contributed by atoms with van der Waals surface area (Å²) < 4.78 is 81.1. The molecule has 0 atom stereocenters. The number of benzene rings is 2. The summed E-state index contributed by atoms with van der Waals surface area (Å²) in [6, 6.07) is 7.49. The van der Waals surface area contributed by atoms with Gasteiger partial charge in [-0.05, 0) is 18.2 Å². The molecule has 2 rings (SSSR count). The normalized spacial score (nSPS) is 12.0. The van der Waals surface area contributed by atoms with Gasteiger partial charge in [0.1, 0.15) is 16.5 Å². The molecule has 5 nitrogen and oxygen atoms in total. The molecular weight excluding hydrogens is 354 g/mol. The summed E-state index contributed by atoms with van der Waals surface area (Å²) in [6.45, 7) is -0.670. The Balaban J connectivity index is 2.46. The van der Waals surface area contributed by atoms with Gasteiger partial charge in [-0.2, -0.15) is 0 Å². The smallest absolute Gasteiger partial charge is 0.404 e. The predicted molar refractivity (Wildman–Crippen MR) is 76.3 cm³/mol. The van der Waals surface area contributed by atoms with Gasteiger partial charge in [0.25, 0.3) is 10.0 Å². The summed E-state index contributed by atoms with van der Waals surface area (Å²) in [5.41, 5.74) is -0.630. The number of alkyl halides is 3. The predicted octanol–water partition coefficient (Wildman–Crippen LogP) is 3.02. The lowest BCUT2D eigenvalue weighted by atomic mass is 10.2. The molecule has 0 aliphatic heterocycles. The van der Waals surface area contributed by atoms with Crippen LogP contribution in [0.2, 0.25) is 0 Å². The molecule has 0 fully saturated rings. The highest BCUT2D eigenvalue weighted by Gasteiger charge is 2.34. The first-order chi connectivity index (χ1) is 11.1. The van der Waals surface area contributed by atoms with Crippen LogP contribution < -0.4 is 9.46 Å². The number of hydrogen-bond donors (Lipinski definition) is 2. The van der Waals surface area contributed by atoms with Crippen molar-refractivity contribution < 1.29 is 35.8 Å². The van der Waals surface area contributed by atoms with Crippen molar-refractivity contribution in [1.29, 1.82) is 0 Å². The molecule has 130 valence electrons. The van der Waals surface area contributed by atoms with Gasteiger partial charge in [-0.25, -0.2) is 12.8 Å². The van der Waals surface area contributed by atoms with Crippen molar-refractivity contribution >= 4 is 15.7 Å². The van der Waals surface area contributed by atoms with Crippen LogP contribution >= 0.6 is 0 Å². The third-order valence-corrected chi connectivity index (χ3v) is 4.26. The Bertz CT molecular complexity index is 837. The van der Waals surface area contributed by atoms with Crippen molar-refractivity contribution in [3.05, 3.63) is 53.8 Å². The second-order valence-electron chi connectivity index (χ2n) is 4.53. The van der Waals surface area contributed by atoms with Crippen molar-refractivity contribution in [2.24, 2.45) is 0 Å². The van der Waals surface area contributed by atoms with E-state index in [2.05, 4.69) is 4.74 Å². The Morgan fingerprint density at radius 2 is 1.75 bits per heavy atom. The maximum atomic E-state index is 13.8. The fourth-order valence-corrected chi connectivity index (χ4v) is 3.12. The van der Waals surface area contributed by atoms with E-state index in [1.165, 1.54) is 18.2 Å². The lowest BCUT2D eigenvalue weighted by Crippen LogP contribution is -2.21. The van der Waals surface area contributed by atoms with Crippen LogP contribution in [0.15, 0.2) is 47.4 Å². The molecule has 0 amide bonds. The Labute approximate surface area is 134 Å². The molecule has 0 aliphatic rings. The van der Waals surface area contributed by atoms with Gasteiger partial charge < -0.3 is 9.84 Å². The molecule has 0 bridgehead atoms. The summed E-state index contributed by atoms with van der Waals surface area (Å²) in [5.74, 6) is -1.95. The third kappa shape index (κ3) is 4.15. The fraction of sp³-hybridized carbons (Fsp3) is 0.143. The number of hydrogen-bond acceptors (Lipinski definition) is 4. The molecule has 0 aliphatic carbocycles. The Kier molecular flexibility index (Phi) is 4.99. The first kappa shape index (κ1) is 18.0. The Morgan fingerprint density at radius 1 is 1.08 bits per heavy atom. The Morgan fingerprint density at radius 3 is 2.38 bits per heavy atom. The van der Waals surface area contributed by atoms with Gasteiger partial charge in [0.15, 0.2) is 0 Å². The topological polar surface area (TPSA) is 75.6 Å². The van der Waals surface area contributed by atoms with E-state index in [4.69, 9.17) is 5.11 Å². The van der Waals surface area contributed by atoms with E-state index in [1.807, 2.05) is 4.72 Å². The monoisotopic (exact) mass is 365 g/mol. The van der Waals surface area contributed by atoms with Crippen LogP contribution in [0.3, 0.4) is 0 Å². The van der Waals surface area contributed by atoms with E-state index in [9.17, 15) is 26.0 Å². The zero-order chi connectivity index (χ0) is 18.0. The minimum Gasteiger partial charge on any atom is -0.404 e. The van der Waals surface area contributed by atoms with E-state index < -0.39 is 45.1 Å². The maximum Gasteiger partial charge on any atom is 0.573 e. The Hall–Kier alpha value is -2.33. The highest BCUT2D eigenvalue weighted by atomic mass is 32.2. The summed E-state index contributed by atoms with van der Waals surface area (Å²) >= 11 is 0. The molecule has 10 heteroatoms. The fourth-order valence-electron chi connectivity index (χ4n) is 1.89. The van der Waals surface area contributed by atoms with Crippen LogP contribution in [-0.4, -0.2) is 19.9 Å². The van der Waals surface area contributed by atoms with E-state index >= 15 is 0 Å². The third-order valence-electron chi connectivity index (χ3n) is 2.87. The van der Waals surface area contributed by atoms with Crippen molar-refractivity contribution in [2.75, 3.05) is 4.72 Å². The number of halogens is 4. The average Bonchev–Trinajstić information content (AvgIpc) is 2.48. The van der Waals surface area contributed by atoms with E-state index in [0.29, 0.717) is 0 Å². The number of rotatable bonds is 5. The van der Waals surface area contributed by atoms with Crippen molar-refractivity contribution in [3.63, 3.8) is 0 Å². The minimum absolute atomic E-state index is 0.0761. The molecule has 24 heavy (non-hydrogen) atoms. The quantitative estimate of drug-likeness (QED) is 0.799. The van der Waals surface area contributed by atoms with E-state index in [1.54, 1.807) is 0 Å². The zero-order valence-corrected chi connectivity index (χ0v) is 12.7. The first-order valence-electron chi connectivity index (χ1n) is 6.40. The van der Waals surface area contributed by atoms with E-state index in [-0.39, 0.29) is 5.56 Å². The average molecular weight is 365 g/mol. The SMILES string of the molecule is O=S(=O)(Nc1c(F)cccc1CO)c1ccccc1OC(F)(F)F. The van der Waals surface area contributed by atoms with Gasteiger partial charge in [-0.1, -0.05) is 24.3 Å². The van der Waals surface area contributed by atoms with Crippen LogP contribution in [-0.2, 0) is 16.6 Å². The molecule has 0 heterocycles. The maximum absolute atomic E-state index is 13.8. The summed E-state index contributed by atoms with van der Waals surface area (Å²) in [7, 11) is -4.60. The molecule has 0 spiro atoms. The van der Waals surface area contributed by atoms with Gasteiger partial charge in [0.2, 0.25) is 0 Å². The zero-order valence-electron chi connectivity index (χ0n) is 11.8. The summed E-state index contributed by atoms with van der Waals surface area (Å²) in [6.07, 6.45) is -5.10. The molecule has 0 unspecified atom stereocenters. The lowest BCUT2D eigenvalue weighted by molar-refractivity contribution is -0.275. The van der Waals surface area contributed by atoms with Crippen molar-refractivity contribution in [2.45, 2.75) is 17.9 Å². The molecule has 2 aromatic rings. The summed E-state index contributed by atoms with van der Waals surface area (Å²) in [4.78, 5) is -0.825. The molecular formula is C14H11F4NO4S.